The molecular formula is C12H12F3NO2S. The van der Waals surface area contributed by atoms with Gasteiger partial charge in [-0.05, 0) is 37.1 Å². The molecule has 1 N–H and O–H groups in total. The highest BCUT2D eigenvalue weighted by molar-refractivity contribution is 7.92. The summed E-state index contributed by atoms with van der Waals surface area (Å²) in [6.07, 6.45) is 5.73. The fraction of sp³-hybridized carbons (Fsp3) is 0.333. The lowest BCUT2D eigenvalue weighted by Crippen LogP contribution is -2.23. The monoisotopic (exact) mass is 291 g/mol. The van der Waals surface area contributed by atoms with Gasteiger partial charge in [0.05, 0.1) is 4.90 Å². The number of sulfone groups is 1. The third-order valence-electron chi connectivity index (χ3n) is 2.85. The maximum absolute atomic E-state index is 12.3. The van der Waals surface area contributed by atoms with Gasteiger partial charge in [-0.2, -0.15) is 13.2 Å². The molecule has 0 aromatic heterocycles. The van der Waals surface area contributed by atoms with Crippen LogP contribution in [0.25, 0.3) is 0 Å². The number of halogens is 3. The Morgan fingerprint density at radius 2 is 1.58 bits per heavy atom. The van der Waals surface area contributed by atoms with Crippen molar-refractivity contribution in [3.05, 3.63) is 36.4 Å². The molecule has 1 aromatic carbocycles. The van der Waals surface area contributed by atoms with E-state index in [-0.39, 0.29) is 6.04 Å². The summed E-state index contributed by atoms with van der Waals surface area (Å²) in [5.74, 6) is 0. The minimum Gasteiger partial charge on any atom is -0.382 e. The van der Waals surface area contributed by atoms with Crippen molar-refractivity contribution in [2.75, 3.05) is 5.32 Å². The molecule has 3 nitrogen and oxygen atoms in total. The van der Waals surface area contributed by atoms with Gasteiger partial charge in [-0.3, -0.25) is 0 Å². The van der Waals surface area contributed by atoms with Gasteiger partial charge in [0.25, 0.3) is 9.84 Å². The normalized spacial score (nSPS) is 16.8. The number of alkyl halides is 3. The lowest BCUT2D eigenvalue weighted by Gasteiger charge is -2.14. The largest absolute Gasteiger partial charge is 0.501 e. The Morgan fingerprint density at radius 3 is 2.05 bits per heavy atom. The molecule has 0 amide bonds. The summed E-state index contributed by atoms with van der Waals surface area (Å²) in [6, 6.07) is 4.83. The lowest BCUT2D eigenvalue weighted by atomic mass is 10.2. The van der Waals surface area contributed by atoms with Crippen molar-refractivity contribution in [1.29, 1.82) is 0 Å². The van der Waals surface area contributed by atoms with Crippen LogP contribution >= 0.6 is 0 Å². The number of benzene rings is 1. The first-order chi connectivity index (χ1) is 8.80. The summed E-state index contributed by atoms with van der Waals surface area (Å²) in [5, 5.41) is 3.12. The van der Waals surface area contributed by atoms with Crippen LogP contribution in [0.3, 0.4) is 0 Å². The highest BCUT2D eigenvalue weighted by Gasteiger charge is 2.46. The van der Waals surface area contributed by atoms with Gasteiger partial charge in [0.1, 0.15) is 0 Å². The first kappa shape index (κ1) is 13.9. The summed E-state index contributed by atoms with van der Waals surface area (Å²) < 4.78 is 59.3. The van der Waals surface area contributed by atoms with Crippen LogP contribution in [0.1, 0.15) is 12.8 Å². The maximum atomic E-state index is 12.3. The number of nitrogens with one attached hydrogen (secondary N) is 1. The Balaban J connectivity index is 2.14. The second kappa shape index (κ2) is 4.88. The van der Waals surface area contributed by atoms with E-state index < -0.39 is 20.2 Å². The van der Waals surface area contributed by atoms with Crippen molar-refractivity contribution in [2.45, 2.75) is 29.3 Å². The van der Waals surface area contributed by atoms with Crippen molar-refractivity contribution < 1.29 is 21.6 Å². The first-order valence-corrected chi connectivity index (χ1v) is 7.12. The van der Waals surface area contributed by atoms with Crippen LogP contribution in [0.15, 0.2) is 41.3 Å². The number of rotatable bonds is 3. The van der Waals surface area contributed by atoms with Gasteiger partial charge in [0, 0.05) is 11.7 Å². The van der Waals surface area contributed by atoms with Gasteiger partial charge in [0.15, 0.2) is 0 Å². The molecule has 7 heteroatoms. The number of anilines is 1. The van der Waals surface area contributed by atoms with E-state index in [2.05, 4.69) is 5.32 Å². The molecule has 1 aromatic rings. The molecule has 0 aliphatic heterocycles. The number of hydrogen-bond acceptors (Lipinski definition) is 3. The van der Waals surface area contributed by atoms with Crippen molar-refractivity contribution in [3.8, 4) is 0 Å². The second-order valence-corrected chi connectivity index (χ2v) is 6.20. The lowest BCUT2D eigenvalue weighted by molar-refractivity contribution is -0.0436. The molecule has 0 saturated heterocycles. The summed E-state index contributed by atoms with van der Waals surface area (Å²) in [5.41, 5.74) is -4.66. The minimum absolute atomic E-state index is 0.213. The number of hydrogen-bond donors (Lipinski definition) is 1. The SMILES string of the molecule is O=S(=O)(c1ccc(NC2CC=CC2)cc1)C(F)(F)F. The molecule has 0 atom stereocenters. The molecule has 2 rings (SSSR count). The third-order valence-corrected chi connectivity index (χ3v) is 4.35. The van der Waals surface area contributed by atoms with E-state index in [1.54, 1.807) is 0 Å². The van der Waals surface area contributed by atoms with Crippen LogP contribution in [0.4, 0.5) is 18.9 Å². The summed E-state index contributed by atoms with van der Waals surface area (Å²) >= 11 is 0. The predicted molar refractivity (Wildman–Crippen MR) is 65.5 cm³/mol. The molecule has 0 bridgehead atoms. The fourth-order valence-electron chi connectivity index (χ4n) is 1.83. The van der Waals surface area contributed by atoms with Gasteiger partial charge in [-0.1, -0.05) is 12.2 Å². The average Bonchev–Trinajstić information content (AvgIpc) is 2.81. The smallest absolute Gasteiger partial charge is 0.382 e. The molecule has 19 heavy (non-hydrogen) atoms. The standard InChI is InChI=1S/C12H12F3NO2S/c13-12(14,15)19(17,18)11-7-5-10(6-8-11)16-9-3-1-2-4-9/h1-2,5-9,16H,3-4H2. The van der Waals surface area contributed by atoms with Crippen molar-refractivity contribution >= 4 is 15.5 Å². The summed E-state index contributed by atoms with van der Waals surface area (Å²) in [7, 11) is -5.26. The van der Waals surface area contributed by atoms with E-state index in [4.69, 9.17) is 0 Å². The Morgan fingerprint density at radius 1 is 1.05 bits per heavy atom. The molecule has 0 spiro atoms. The van der Waals surface area contributed by atoms with Crippen molar-refractivity contribution in [1.82, 2.24) is 0 Å². The van der Waals surface area contributed by atoms with E-state index in [1.165, 1.54) is 12.1 Å². The molecular weight excluding hydrogens is 279 g/mol. The fourth-order valence-corrected chi connectivity index (χ4v) is 2.60. The molecule has 1 aliphatic rings. The molecule has 0 fully saturated rings. The summed E-state index contributed by atoms with van der Waals surface area (Å²) in [6.45, 7) is 0. The highest BCUT2D eigenvalue weighted by Crippen LogP contribution is 2.30. The van der Waals surface area contributed by atoms with Crippen molar-refractivity contribution in [3.63, 3.8) is 0 Å². The molecule has 0 radical (unpaired) electrons. The third kappa shape index (κ3) is 2.91. The zero-order valence-corrected chi connectivity index (χ0v) is 10.6. The Bertz CT molecular complexity index is 568. The summed E-state index contributed by atoms with van der Waals surface area (Å²) in [4.78, 5) is -0.741. The van der Waals surface area contributed by atoms with Crippen LogP contribution in [-0.2, 0) is 9.84 Å². The van der Waals surface area contributed by atoms with E-state index in [0.29, 0.717) is 5.69 Å². The van der Waals surface area contributed by atoms with Crippen LogP contribution in [-0.4, -0.2) is 20.0 Å². The Kier molecular flexibility index (Phi) is 3.58. The van der Waals surface area contributed by atoms with E-state index in [9.17, 15) is 21.6 Å². The predicted octanol–water partition coefficient (Wildman–Crippen LogP) is 3.11. The van der Waals surface area contributed by atoms with E-state index in [0.717, 1.165) is 25.0 Å². The van der Waals surface area contributed by atoms with Gasteiger partial charge in [-0.15, -0.1) is 0 Å². The molecule has 104 valence electrons. The topological polar surface area (TPSA) is 46.2 Å². The van der Waals surface area contributed by atoms with Crippen molar-refractivity contribution in [2.24, 2.45) is 0 Å². The maximum Gasteiger partial charge on any atom is 0.501 e. The van der Waals surface area contributed by atoms with Gasteiger partial charge >= 0.3 is 5.51 Å². The second-order valence-electron chi connectivity index (χ2n) is 4.26. The zero-order chi connectivity index (χ0) is 14.1. The minimum atomic E-state index is -5.27. The Labute approximate surface area is 109 Å². The zero-order valence-electron chi connectivity index (χ0n) is 9.81. The molecule has 0 saturated carbocycles. The molecule has 0 unspecified atom stereocenters. The highest BCUT2D eigenvalue weighted by atomic mass is 32.2. The van der Waals surface area contributed by atoms with Crippen LogP contribution in [0, 0.1) is 0 Å². The van der Waals surface area contributed by atoms with E-state index >= 15 is 0 Å². The van der Waals surface area contributed by atoms with E-state index in [1.807, 2.05) is 12.2 Å². The van der Waals surface area contributed by atoms with Gasteiger partial charge in [-0.25, -0.2) is 8.42 Å². The molecule has 1 aliphatic carbocycles. The quantitative estimate of drug-likeness (QED) is 0.870. The van der Waals surface area contributed by atoms with Crippen LogP contribution < -0.4 is 5.32 Å². The van der Waals surface area contributed by atoms with Crippen LogP contribution in [0.5, 0.6) is 0 Å². The molecule has 0 heterocycles. The first-order valence-electron chi connectivity index (χ1n) is 5.63. The van der Waals surface area contributed by atoms with Gasteiger partial charge < -0.3 is 5.32 Å². The van der Waals surface area contributed by atoms with Crippen LogP contribution in [0.2, 0.25) is 0 Å². The average molecular weight is 291 g/mol. The van der Waals surface area contributed by atoms with Gasteiger partial charge in [0.2, 0.25) is 0 Å². The Hall–Kier alpha value is -1.50.